The van der Waals surface area contributed by atoms with Crippen LogP contribution in [0.1, 0.15) is 36.0 Å². The van der Waals surface area contributed by atoms with Crippen molar-refractivity contribution in [1.82, 2.24) is 9.80 Å². The van der Waals surface area contributed by atoms with Gasteiger partial charge in [-0.1, -0.05) is 35.9 Å². The number of imide groups is 1. The van der Waals surface area contributed by atoms with Crippen LogP contribution in [0.15, 0.2) is 47.4 Å². The maximum Gasteiger partial charge on any atom is 0.294 e. The summed E-state index contributed by atoms with van der Waals surface area (Å²) in [7, 11) is 1.55. The molecule has 2 aromatic rings. The number of rotatable bonds is 7. The molecule has 0 saturated carbocycles. The number of benzene rings is 2. The molecule has 0 spiro atoms. The smallest absolute Gasteiger partial charge is 0.294 e. The first kappa shape index (κ1) is 23.9. The Labute approximate surface area is 203 Å². The highest BCUT2D eigenvalue weighted by atomic mass is 32.2. The number of amides is 3. The molecule has 0 bridgehead atoms. The minimum absolute atomic E-state index is 0.181. The number of carbonyl (C=O) groups excluding carboxylic acids is 3. The van der Waals surface area contributed by atoms with E-state index >= 15 is 0 Å². The molecule has 4 rings (SSSR count). The van der Waals surface area contributed by atoms with Gasteiger partial charge in [-0.2, -0.15) is 0 Å². The fraction of sp³-hybridized carbons (Fsp3) is 0.346. The summed E-state index contributed by atoms with van der Waals surface area (Å²) in [6.45, 7) is 3.59. The normalized spacial score (nSPS) is 17.4. The molecule has 2 heterocycles. The standard InChI is InChI=1S/C26H28N2O5S/c1-18-6-8-19(9-7-18)17-33-21-11-10-20(14-22(21)32-2)15-23-25(30)28(26(31)34-23)16-24(29)27-12-4-3-5-13-27/h6-11,14-15H,3-5,12-13,16-17H2,1-2H3/b23-15+. The molecule has 0 radical (unpaired) electrons. The molecule has 8 heteroatoms. The third-order valence-corrected chi connectivity index (χ3v) is 6.78. The molecule has 34 heavy (non-hydrogen) atoms. The third-order valence-electron chi connectivity index (χ3n) is 5.88. The Morgan fingerprint density at radius 1 is 1.03 bits per heavy atom. The summed E-state index contributed by atoms with van der Waals surface area (Å²) in [6, 6.07) is 13.4. The highest BCUT2D eigenvalue weighted by molar-refractivity contribution is 8.18. The molecule has 3 amide bonds. The van der Waals surface area contributed by atoms with E-state index in [1.165, 1.54) is 5.56 Å². The Hall–Kier alpha value is -3.26. The third kappa shape index (κ3) is 5.62. The second-order valence-electron chi connectivity index (χ2n) is 8.39. The van der Waals surface area contributed by atoms with Gasteiger partial charge in [0.25, 0.3) is 11.1 Å². The molecule has 2 aromatic carbocycles. The molecule has 0 aliphatic carbocycles. The Bertz CT molecular complexity index is 1110. The summed E-state index contributed by atoms with van der Waals surface area (Å²) in [5, 5.41) is -0.424. The lowest BCUT2D eigenvalue weighted by molar-refractivity contribution is -0.136. The van der Waals surface area contributed by atoms with Gasteiger partial charge < -0.3 is 14.4 Å². The van der Waals surface area contributed by atoms with Crippen LogP contribution in [0.3, 0.4) is 0 Å². The van der Waals surface area contributed by atoms with Crippen molar-refractivity contribution in [2.24, 2.45) is 0 Å². The van der Waals surface area contributed by atoms with Gasteiger partial charge in [0.15, 0.2) is 11.5 Å². The molecule has 2 aliphatic rings. The van der Waals surface area contributed by atoms with Crippen molar-refractivity contribution in [3.63, 3.8) is 0 Å². The van der Waals surface area contributed by atoms with Crippen LogP contribution in [0, 0.1) is 6.92 Å². The Morgan fingerprint density at radius 3 is 2.47 bits per heavy atom. The Balaban J connectivity index is 1.43. The minimum Gasteiger partial charge on any atom is -0.493 e. The molecule has 0 aromatic heterocycles. The quantitative estimate of drug-likeness (QED) is 0.538. The summed E-state index contributed by atoms with van der Waals surface area (Å²) in [5.41, 5.74) is 2.93. The van der Waals surface area contributed by atoms with Crippen LogP contribution in [0.25, 0.3) is 6.08 Å². The molecular formula is C26H28N2O5S. The summed E-state index contributed by atoms with van der Waals surface area (Å²) >= 11 is 0.847. The van der Waals surface area contributed by atoms with Crippen LogP contribution in [0.5, 0.6) is 11.5 Å². The lowest BCUT2D eigenvalue weighted by Gasteiger charge is -2.27. The molecule has 2 fully saturated rings. The van der Waals surface area contributed by atoms with Crippen molar-refractivity contribution in [1.29, 1.82) is 0 Å². The van der Waals surface area contributed by atoms with Gasteiger partial charge in [-0.05, 0) is 67.3 Å². The van der Waals surface area contributed by atoms with Gasteiger partial charge in [0.2, 0.25) is 5.91 Å². The van der Waals surface area contributed by atoms with Crippen molar-refractivity contribution < 1.29 is 23.9 Å². The van der Waals surface area contributed by atoms with Crippen molar-refractivity contribution in [2.75, 3.05) is 26.7 Å². The summed E-state index contributed by atoms with van der Waals surface area (Å²) in [5.74, 6) is 0.486. The lowest BCUT2D eigenvalue weighted by atomic mass is 10.1. The SMILES string of the molecule is COc1cc(/C=C2/SC(=O)N(CC(=O)N3CCCCC3)C2=O)ccc1OCc1ccc(C)cc1. The Kier molecular flexibility index (Phi) is 7.57. The monoisotopic (exact) mass is 480 g/mol. The maximum absolute atomic E-state index is 12.8. The molecule has 2 saturated heterocycles. The first-order chi connectivity index (χ1) is 16.4. The summed E-state index contributed by atoms with van der Waals surface area (Å²) < 4.78 is 11.4. The van der Waals surface area contributed by atoms with E-state index in [0.717, 1.165) is 41.5 Å². The topological polar surface area (TPSA) is 76.2 Å². The van der Waals surface area contributed by atoms with Crippen molar-refractivity contribution in [3.8, 4) is 11.5 Å². The van der Waals surface area contributed by atoms with Gasteiger partial charge >= 0.3 is 0 Å². The largest absolute Gasteiger partial charge is 0.493 e. The van der Waals surface area contributed by atoms with Crippen molar-refractivity contribution in [3.05, 3.63) is 64.1 Å². The second-order valence-corrected chi connectivity index (χ2v) is 9.39. The minimum atomic E-state index is -0.445. The number of carbonyl (C=O) groups is 3. The van der Waals surface area contributed by atoms with Crippen LogP contribution in [0.2, 0.25) is 0 Å². The van der Waals surface area contributed by atoms with Crippen LogP contribution >= 0.6 is 11.8 Å². The average Bonchev–Trinajstić information content (AvgIpc) is 3.11. The van der Waals surface area contributed by atoms with Crippen LogP contribution in [0.4, 0.5) is 4.79 Å². The van der Waals surface area contributed by atoms with Gasteiger partial charge in [0, 0.05) is 13.1 Å². The van der Waals surface area contributed by atoms with E-state index in [1.54, 1.807) is 36.3 Å². The number of ether oxygens (including phenoxy) is 2. The number of hydrogen-bond acceptors (Lipinski definition) is 6. The van der Waals surface area contributed by atoms with Gasteiger partial charge in [0.1, 0.15) is 13.2 Å². The van der Waals surface area contributed by atoms with Gasteiger partial charge in [-0.15, -0.1) is 0 Å². The fourth-order valence-electron chi connectivity index (χ4n) is 3.90. The zero-order valence-corrected chi connectivity index (χ0v) is 20.2. The lowest BCUT2D eigenvalue weighted by Crippen LogP contribution is -2.44. The van der Waals surface area contributed by atoms with E-state index in [0.29, 0.717) is 36.8 Å². The summed E-state index contributed by atoms with van der Waals surface area (Å²) in [6.07, 6.45) is 4.66. The number of thioether (sulfide) groups is 1. The first-order valence-corrected chi connectivity index (χ1v) is 12.2. The van der Waals surface area contributed by atoms with E-state index in [2.05, 4.69) is 0 Å². The van der Waals surface area contributed by atoms with Gasteiger partial charge in [0.05, 0.1) is 12.0 Å². The number of nitrogens with zero attached hydrogens (tertiary/aromatic N) is 2. The molecule has 0 N–H and O–H groups in total. The highest BCUT2D eigenvalue weighted by Crippen LogP contribution is 2.35. The number of likely N-dealkylation sites (tertiary alicyclic amines) is 1. The van der Waals surface area contributed by atoms with Gasteiger partial charge in [-0.3, -0.25) is 19.3 Å². The average molecular weight is 481 g/mol. The molecule has 0 atom stereocenters. The van der Waals surface area contributed by atoms with Crippen LogP contribution in [-0.2, 0) is 16.2 Å². The van der Waals surface area contributed by atoms with Crippen molar-refractivity contribution in [2.45, 2.75) is 32.8 Å². The van der Waals surface area contributed by atoms with Crippen LogP contribution < -0.4 is 9.47 Å². The first-order valence-electron chi connectivity index (χ1n) is 11.3. The number of aryl methyl sites for hydroxylation is 1. The van der Waals surface area contributed by atoms with E-state index in [-0.39, 0.29) is 17.4 Å². The van der Waals surface area contributed by atoms with E-state index < -0.39 is 11.1 Å². The fourth-order valence-corrected chi connectivity index (χ4v) is 4.74. The molecule has 7 nitrogen and oxygen atoms in total. The maximum atomic E-state index is 12.8. The summed E-state index contributed by atoms with van der Waals surface area (Å²) in [4.78, 5) is 40.8. The van der Waals surface area contributed by atoms with E-state index in [1.807, 2.05) is 31.2 Å². The zero-order chi connectivity index (χ0) is 24.1. The molecular weight excluding hydrogens is 452 g/mol. The predicted molar refractivity (Wildman–Crippen MR) is 132 cm³/mol. The van der Waals surface area contributed by atoms with Crippen LogP contribution in [-0.4, -0.2) is 53.6 Å². The molecule has 178 valence electrons. The second kappa shape index (κ2) is 10.8. The van der Waals surface area contributed by atoms with Gasteiger partial charge in [-0.25, -0.2) is 0 Å². The van der Waals surface area contributed by atoms with Crippen molar-refractivity contribution >= 4 is 34.9 Å². The molecule has 2 aliphatic heterocycles. The number of hydrogen-bond donors (Lipinski definition) is 0. The van der Waals surface area contributed by atoms with E-state index in [4.69, 9.17) is 9.47 Å². The number of piperidine rings is 1. The highest BCUT2D eigenvalue weighted by Gasteiger charge is 2.37. The van der Waals surface area contributed by atoms with E-state index in [9.17, 15) is 14.4 Å². The Morgan fingerprint density at radius 2 is 1.76 bits per heavy atom. The number of methoxy groups -OCH3 is 1. The zero-order valence-electron chi connectivity index (χ0n) is 19.4. The molecule has 0 unspecified atom stereocenters. The predicted octanol–water partition coefficient (Wildman–Crippen LogP) is 4.63.